The molecule has 0 bridgehead atoms. The summed E-state index contributed by atoms with van der Waals surface area (Å²) in [5, 5.41) is 11.8. The maximum atomic E-state index is 8.68. The van der Waals surface area contributed by atoms with Crippen LogP contribution in [0.25, 0.3) is 0 Å². The van der Waals surface area contributed by atoms with Crippen LogP contribution in [0.15, 0.2) is 35.5 Å². The van der Waals surface area contributed by atoms with Gasteiger partial charge in [-0.3, -0.25) is 0 Å². The maximum absolute atomic E-state index is 8.68. The van der Waals surface area contributed by atoms with E-state index in [2.05, 4.69) is 29.4 Å². The molecule has 1 aromatic rings. The van der Waals surface area contributed by atoms with Crippen molar-refractivity contribution in [1.82, 2.24) is 0 Å². The highest BCUT2D eigenvalue weighted by Gasteiger charge is 2.22. The van der Waals surface area contributed by atoms with E-state index in [1.54, 1.807) is 0 Å². The van der Waals surface area contributed by atoms with Crippen molar-refractivity contribution in [2.75, 3.05) is 5.75 Å². The van der Waals surface area contributed by atoms with E-state index >= 15 is 0 Å². The summed E-state index contributed by atoms with van der Waals surface area (Å²) in [5.74, 6) is 2.46. The van der Waals surface area contributed by atoms with E-state index in [-0.39, 0.29) is 5.41 Å². The first-order valence-electron chi connectivity index (χ1n) is 6.16. The van der Waals surface area contributed by atoms with Gasteiger partial charge >= 0.3 is 0 Å². The summed E-state index contributed by atoms with van der Waals surface area (Å²) in [4.78, 5) is 0. The van der Waals surface area contributed by atoms with Gasteiger partial charge in [0.1, 0.15) is 5.84 Å². The molecule has 0 aliphatic rings. The zero-order chi connectivity index (χ0) is 13.4. The molecule has 0 saturated heterocycles. The van der Waals surface area contributed by atoms with Gasteiger partial charge in [0.05, 0.1) is 0 Å². The SMILES string of the molecule is CC(C)(CCCSCc1ccccc1)C(N)=NO. The molecule has 3 N–H and O–H groups in total. The number of thioether (sulfide) groups is 1. The van der Waals surface area contributed by atoms with E-state index in [9.17, 15) is 0 Å². The zero-order valence-corrected chi connectivity index (χ0v) is 11.9. The molecule has 3 nitrogen and oxygen atoms in total. The van der Waals surface area contributed by atoms with Crippen LogP contribution >= 0.6 is 11.8 Å². The van der Waals surface area contributed by atoms with Crippen molar-refractivity contribution < 1.29 is 5.21 Å². The Hall–Kier alpha value is -1.16. The fourth-order valence-corrected chi connectivity index (χ4v) is 2.56. The quantitative estimate of drug-likeness (QED) is 0.261. The highest BCUT2D eigenvalue weighted by atomic mass is 32.2. The minimum atomic E-state index is -0.220. The van der Waals surface area contributed by atoms with Gasteiger partial charge in [0.2, 0.25) is 0 Å². The molecule has 0 aromatic heterocycles. The minimum Gasteiger partial charge on any atom is -0.409 e. The molecule has 0 unspecified atom stereocenters. The van der Waals surface area contributed by atoms with Crippen molar-refractivity contribution >= 4 is 17.6 Å². The molecule has 1 rings (SSSR count). The van der Waals surface area contributed by atoms with E-state index in [0.29, 0.717) is 5.84 Å². The Morgan fingerprint density at radius 3 is 2.61 bits per heavy atom. The lowest BCUT2D eigenvalue weighted by Crippen LogP contribution is -2.31. The van der Waals surface area contributed by atoms with E-state index in [1.807, 2.05) is 31.7 Å². The predicted octanol–water partition coefficient (Wildman–Crippen LogP) is 3.47. The third-order valence-electron chi connectivity index (χ3n) is 3.00. The van der Waals surface area contributed by atoms with Crippen LogP contribution in [0.5, 0.6) is 0 Å². The normalized spacial score (nSPS) is 12.7. The first-order chi connectivity index (χ1) is 8.56. The molecule has 0 fully saturated rings. The molecule has 0 spiro atoms. The average Bonchev–Trinajstić information content (AvgIpc) is 2.38. The zero-order valence-electron chi connectivity index (χ0n) is 11.1. The van der Waals surface area contributed by atoms with Crippen molar-refractivity contribution in [3.8, 4) is 0 Å². The largest absolute Gasteiger partial charge is 0.409 e. The Bertz CT molecular complexity index is 377. The van der Waals surface area contributed by atoms with Crippen molar-refractivity contribution in [2.45, 2.75) is 32.4 Å². The maximum Gasteiger partial charge on any atom is 0.144 e. The van der Waals surface area contributed by atoms with Crippen LogP contribution in [-0.4, -0.2) is 16.8 Å². The van der Waals surface area contributed by atoms with Gasteiger partial charge in [-0.2, -0.15) is 11.8 Å². The van der Waals surface area contributed by atoms with Crippen molar-refractivity contribution in [3.63, 3.8) is 0 Å². The van der Waals surface area contributed by atoms with Gasteiger partial charge < -0.3 is 10.9 Å². The molecular weight excluding hydrogens is 244 g/mol. The number of hydrogen-bond acceptors (Lipinski definition) is 3. The lowest BCUT2D eigenvalue weighted by atomic mass is 9.87. The van der Waals surface area contributed by atoms with Gasteiger partial charge in [-0.05, 0) is 24.2 Å². The number of nitrogens with two attached hydrogens (primary N) is 1. The molecule has 0 aliphatic heterocycles. The molecule has 0 atom stereocenters. The summed E-state index contributed by atoms with van der Waals surface area (Å²) in [6.07, 6.45) is 2.01. The first kappa shape index (κ1) is 14.9. The number of rotatable bonds is 7. The second-order valence-corrected chi connectivity index (χ2v) is 6.12. The van der Waals surface area contributed by atoms with E-state index in [4.69, 9.17) is 10.9 Å². The summed E-state index contributed by atoms with van der Waals surface area (Å²) < 4.78 is 0. The Kier molecular flexibility index (Phi) is 6.05. The number of nitrogens with zero attached hydrogens (tertiary/aromatic N) is 1. The van der Waals surface area contributed by atoms with Gasteiger partial charge in [-0.25, -0.2) is 0 Å². The molecule has 0 radical (unpaired) electrons. The summed E-state index contributed by atoms with van der Waals surface area (Å²) in [6, 6.07) is 10.5. The molecule has 4 heteroatoms. The molecule has 0 heterocycles. The first-order valence-corrected chi connectivity index (χ1v) is 7.31. The molecule has 0 amide bonds. The fourth-order valence-electron chi connectivity index (χ4n) is 1.64. The molecule has 0 saturated carbocycles. The van der Waals surface area contributed by atoms with Gasteiger partial charge in [-0.1, -0.05) is 49.3 Å². The van der Waals surface area contributed by atoms with Crippen LogP contribution in [0.2, 0.25) is 0 Å². The van der Waals surface area contributed by atoms with E-state index < -0.39 is 0 Å². The summed E-state index contributed by atoms with van der Waals surface area (Å²) >= 11 is 1.92. The topological polar surface area (TPSA) is 58.6 Å². The fraction of sp³-hybridized carbons (Fsp3) is 0.500. The monoisotopic (exact) mass is 266 g/mol. The van der Waals surface area contributed by atoms with Gasteiger partial charge in [-0.15, -0.1) is 0 Å². The summed E-state index contributed by atoms with van der Waals surface area (Å²) in [5.41, 5.74) is 6.79. The Morgan fingerprint density at radius 1 is 1.33 bits per heavy atom. The number of amidine groups is 1. The highest BCUT2D eigenvalue weighted by Crippen LogP contribution is 2.24. The Morgan fingerprint density at radius 2 is 2.00 bits per heavy atom. The molecule has 1 aromatic carbocycles. The van der Waals surface area contributed by atoms with Crippen LogP contribution < -0.4 is 5.73 Å². The third kappa shape index (κ3) is 5.00. The van der Waals surface area contributed by atoms with Gasteiger partial charge in [0.15, 0.2) is 0 Å². The van der Waals surface area contributed by atoms with Crippen LogP contribution in [0.3, 0.4) is 0 Å². The second kappa shape index (κ2) is 7.31. The van der Waals surface area contributed by atoms with Gasteiger partial charge in [0.25, 0.3) is 0 Å². The van der Waals surface area contributed by atoms with Crippen LogP contribution in [0.4, 0.5) is 0 Å². The van der Waals surface area contributed by atoms with E-state index in [0.717, 1.165) is 24.3 Å². The number of hydrogen-bond donors (Lipinski definition) is 2. The van der Waals surface area contributed by atoms with Crippen molar-refractivity contribution in [2.24, 2.45) is 16.3 Å². The van der Waals surface area contributed by atoms with E-state index in [1.165, 1.54) is 5.56 Å². The summed E-state index contributed by atoms with van der Waals surface area (Å²) in [7, 11) is 0. The number of benzene rings is 1. The van der Waals surface area contributed by atoms with Crippen molar-refractivity contribution in [1.29, 1.82) is 0 Å². The standard InChI is InChI=1S/C14H22N2OS/c1-14(2,13(15)16-17)9-6-10-18-11-12-7-4-3-5-8-12/h3-5,7-8,17H,6,9-11H2,1-2H3,(H2,15,16). The minimum absolute atomic E-state index is 0.220. The molecule has 18 heavy (non-hydrogen) atoms. The van der Waals surface area contributed by atoms with Crippen LogP contribution in [-0.2, 0) is 5.75 Å². The number of oxime groups is 1. The Labute approximate surface area is 113 Å². The lowest BCUT2D eigenvalue weighted by Gasteiger charge is -2.22. The summed E-state index contributed by atoms with van der Waals surface area (Å²) in [6.45, 7) is 4.01. The molecule has 100 valence electrons. The lowest BCUT2D eigenvalue weighted by molar-refractivity contribution is 0.305. The van der Waals surface area contributed by atoms with Gasteiger partial charge in [0, 0.05) is 11.2 Å². The predicted molar refractivity (Wildman–Crippen MR) is 79.0 cm³/mol. The molecule has 0 aliphatic carbocycles. The second-order valence-electron chi connectivity index (χ2n) is 5.01. The third-order valence-corrected chi connectivity index (χ3v) is 4.12. The van der Waals surface area contributed by atoms with Crippen LogP contribution in [0.1, 0.15) is 32.3 Å². The average molecular weight is 266 g/mol. The smallest absolute Gasteiger partial charge is 0.144 e. The Balaban J connectivity index is 2.20. The van der Waals surface area contributed by atoms with Crippen LogP contribution in [0, 0.1) is 5.41 Å². The highest BCUT2D eigenvalue weighted by molar-refractivity contribution is 7.98. The van der Waals surface area contributed by atoms with Crippen molar-refractivity contribution in [3.05, 3.63) is 35.9 Å². The molecular formula is C14H22N2OS.